The van der Waals surface area contributed by atoms with E-state index in [1.807, 2.05) is 35.3 Å². The van der Waals surface area contributed by atoms with Crippen LogP contribution in [0, 0.1) is 0 Å². The monoisotopic (exact) mass is 254 g/mol. The van der Waals surface area contributed by atoms with Gasteiger partial charge in [-0.25, -0.2) is 0 Å². The normalized spacial score (nSPS) is 10.7. The Morgan fingerprint density at radius 3 is 3.00 bits per heavy atom. The summed E-state index contributed by atoms with van der Waals surface area (Å²) in [5.74, 6) is 0.946. The maximum atomic E-state index is 5.58. The molecule has 0 fully saturated rings. The average molecular weight is 255 g/mol. The molecule has 2 heteroatoms. The first kappa shape index (κ1) is 11.3. The van der Waals surface area contributed by atoms with Gasteiger partial charge in [-0.3, -0.25) is 0 Å². The smallest absolute Gasteiger partial charge is 0.119 e. The van der Waals surface area contributed by atoms with Crippen molar-refractivity contribution in [1.82, 2.24) is 0 Å². The van der Waals surface area contributed by atoms with Crippen LogP contribution < -0.4 is 4.74 Å². The molecule has 76 valence electrons. The van der Waals surface area contributed by atoms with Crippen molar-refractivity contribution in [3.05, 3.63) is 34.8 Å². The zero-order valence-electron chi connectivity index (χ0n) is 8.37. The van der Waals surface area contributed by atoms with Crippen LogP contribution in [-0.4, -0.2) is 6.61 Å². The van der Waals surface area contributed by atoms with E-state index in [0.29, 0.717) is 0 Å². The van der Waals surface area contributed by atoms with Gasteiger partial charge in [0.1, 0.15) is 5.75 Å². The van der Waals surface area contributed by atoms with Crippen LogP contribution in [0.1, 0.15) is 25.3 Å². The molecule has 1 rings (SSSR count). The summed E-state index contributed by atoms with van der Waals surface area (Å²) >= 11 is 3.25. The summed E-state index contributed by atoms with van der Waals surface area (Å²) in [5.41, 5.74) is 1.15. The van der Waals surface area contributed by atoms with E-state index in [4.69, 9.17) is 4.74 Å². The third-order valence-electron chi connectivity index (χ3n) is 1.88. The van der Waals surface area contributed by atoms with Gasteiger partial charge in [-0.15, -0.1) is 0 Å². The fraction of sp³-hybridized carbons (Fsp3) is 0.333. The molecular weight excluding hydrogens is 240 g/mol. The molecule has 0 spiro atoms. The maximum absolute atomic E-state index is 5.58. The third kappa shape index (κ3) is 3.97. The summed E-state index contributed by atoms with van der Waals surface area (Å²) in [4.78, 5) is 1.85. The van der Waals surface area contributed by atoms with Crippen LogP contribution in [0.15, 0.2) is 29.3 Å². The topological polar surface area (TPSA) is 9.23 Å². The number of hydrogen-bond donors (Lipinski definition) is 0. The lowest BCUT2D eigenvalue weighted by Crippen LogP contribution is -1.96. The van der Waals surface area contributed by atoms with Crippen molar-refractivity contribution in [3.63, 3.8) is 0 Å². The first-order valence-electron chi connectivity index (χ1n) is 4.86. The second kappa shape index (κ2) is 6.66. The van der Waals surface area contributed by atoms with Crippen LogP contribution in [0.5, 0.6) is 5.75 Å². The molecule has 0 bridgehead atoms. The number of ether oxygens (including phenoxy) is 1. The van der Waals surface area contributed by atoms with Crippen LogP contribution in [0.2, 0.25) is 0 Å². The van der Waals surface area contributed by atoms with Crippen LogP contribution in [-0.2, 0) is 0 Å². The molecule has 0 aromatic heterocycles. The summed E-state index contributed by atoms with van der Waals surface area (Å²) in [6.07, 6.45) is 4.27. The minimum atomic E-state index is 0.804. The molecule has 0 saturated heterocycles. The fourth-order valence-corrected chi connectivity index (χ4v) is 1.42. The van der Waals surface area contributed by atoms with Gasteiger partial charge in [0.15, 0.2) is 0 Å². The van der Waals surface area contributed by atoms with Crippen molar-refractivity contribution in [2.45, 2.75) is 19.8 Å². The Bertz CT molecular complexity index is 294. The van der Waals surface area contributed by atoms with Gasteiger partial charge in [0.2, 0.25) is 0 Å². The molecule has 0 atom stereocenters. The number of rotatable bonds is 5. The molecule has 0 aliphatic rings. The molecule has 1 aromatic carbocycles. The Morgan fingerprint density at radius 1 is 1.43 bits per heavy atom. The number of unbranched alkanes of at least 4 members (excludes halogenated alkanes) is 1. The summed E-state index contributed by atoms with van der Waals surface area (Å²) in [7, 11) is 0. The highest BCUT2D eigenvalue weighted by atomic mass is 79.9. The number of hydrogen-bond acceptors (Lipinski definition) is 1. The van der Waals surface area contributed by atoms with E-state index >= 15 is 0 Å². The second-order valence-corrected chi connectivity index (χ2v) is 3.60. The Hall–Kier alpha value is -0.760. The van der Waals surface area contributed by atoms with E-state index in [-0.39, 0.29) is 0 Å². The molecule has 0 radical (unpaired) electrons. The molecule has 14 heavy (non-hydrogen) atoms. The van der Waals surface area contributed by atoms with Crippen molar-refractivity contribution in [3.8, 4) is 5.75 Å². The Kier molecular flexibility index (Phi) is 5.38. The first-order valence-corrected chi connectivity index (χ1v) is 5.78. The highest BCUT2D eigenvalue weighted by Gasteiger charge is 1.93. The van der Waals surface area contributed by atoms with E-state index < -0.39 is 0 Å². The highest BCUT2D eigenvalue weighted by Crippen LogP contribution is 2.15. The molecule has 1 nitrogen and oxygen atoms in total. The molecule has 0 N–H and O–H groups in total. The van der Waals surface area contributed by atoms with Gasteiger partial charge in [-0.05, 0) is 35.2 Å². The Balaban J connectivity index is 2.54. The molecule has 0 aliphatic carbocycles. The number of benzene rings is 1. The third-order valence-corrected chi connectivity index (χ3v) is 2.14. The lowest BCUT2D eigenvalue weighted by Gasteiger charge is -2.05. The van der Waals surface area contributed by atoms with E-state index in [2.05, 4.69) is 22.9 Å². The van der Waals surface area contributed by atoms with Gasteiger partial charge >= 0.3 is 0 Å². The van der Waals surface area contributed by atoms with Crippen molar-refractivity contribution >= 4 is 22.0 Å². The van der Waals surface area contributed by atoms with Crippen LogP contribution in [0.25, 0.3) is 6.08 Å². The van der Waals surface area contributed by atoms with Crippen molar-refractivity contribution in [2.24, 2.45) is 0 Å². The van der Waals surface area contributed by atoms with Gasteiger partial charge in [0.25, 0.3) is 0 Å². The average Bonchev–Trinajstić information content (AvgIpc) is 2.19. The predicted molar refractivity (Wildman–Crippen MR) is 64.8 cm³/mol. The summed E-state index contributed by atoms with van der Waals surface area (Å²) in [5, 5.41) is 0. The van der Waals surface area contributed by atoms with Crippen LogP contribution in [0.3, 0.4) is 0 Å². The molecule has 0 amide bonds. The Labute approximate surface area is 93.9 Å². The van der Waals surface area contributed by atoms with Gasteiger partial charge in [0, 0.05) is 0 Å². The van der Waals surface area contributed by atoms with E-state index in [1.165, 1.54) is 6.42 Å². The number of halogens is 1. The lowest BCUT2D eigenvalue weighted by molar-refractivity contribution is 0.309. The SMILES string of the molecule is CCCCOc1cccc(/C=C/Br)c1. The minimum Gasteiger partial charge on any atom is -0.494 e. The van der Waals surface area contributed by atoms with Gasteiger partial charge in [0.05, 0.1) is 6.61 Å². The largest absolute Gasteiger partial charge is 0.494 e. The maximum Gasteiger partial charge on any atom is 0.119 e. The molecule has 0 aliphatic heterocycles. The van der Waals surface area contributed by atoms with E-state index in [9.17, 15) is 0 Å². The summed E-state index contributed by atoms with van der Waals surface area (Å²) in [6, 6.07) is 8.07. The van der Waals surface area contributed by atoms with Gasteiger partial charge < -0.3 is 4.74 Å². The minimum absolute atomic E-state index is 0.804. The lowest BCUT2D eigenvalue weighted by atomic mass is 10.2. The van der Waals surface area contributed by atoms with Gasteiger partial charge in [-0.1, -0.05) is 41.4 Å². The van der Waals surface area contributed by atoms with Crippen LogP contribution >= 0.6 is 15.9 Å². The standard InChI is InChI=1S/C12H15BrO/c1-2-3-9-14-12-6-4-5-11(10-12)7-8-13/h4-8,10H,2-3,9H2,1H3/b8-7+. The summed E-state index contributed by atoms with van der Waals surface area (Å²) in [6.45, 7) is 2.96. The molecule has 0 heterocycles. The zero-order chi connectivity index (χ0) is 10.2. The molecule has 0 saturated carbocycles. The molecule has 1 aromatic rings. The van der Waals surface area contributed by atoms with Crippen LogP contribution in [0.4, 0.5) is 0 Å². The quantitative estimate of drug-likeness (QED) is 0.715. The molecular formula is C12H15BrO. The highest BCUT2D eigenvalue weighted by molar-refractivity contribution is 9.11. The second-order valence-electron chi connectivity index (χ2n) is 3.07. The van der Waals surface area contributed by atoms with Crippen molar-refractivity contribution < 1.29 is 4.74 Å². The van der Waals surface area contributed by atoms with Crippen molar-refractivity contribution in [1.29, 1.82) is 0 Å². The fourth-order valence-electron chi connectivity index (χ4n) is 1.12. The predicted octanol–water partition coefficient (Wildman–Crippen LogP) is 4.23. The van der Waals surface area contributed by atoms with Gasteiger partial charge in [-0.2, -0.15) is 0 Å². The van der Waals surface area contributed by atoms with E-state index in [0.717, 1.165) is 24.3 Å². The first-order chi connectivity index (χ1) is 6.86. The van der Waals surface area contributed by atoms with E-state index in [1.54, 1.807) is 0 Å². The Morgan fingerprint density at radius 2 is 2.29 bits per heavy atom. The summed E-state index contributed by atoms with van der Waals surface area (Å²) < 4.78 is 5.58. The zero-order valence-corrected chi connectivity index (χ0v) is 9.96. The van der Waals surface area contributed by atoms with Crippen molar-refractivity contribution in [2.75, 3.05) is 6.61 Å². The molecule has 0 unspecified atom stereocenters.